The number of aromatic nitrogens is 3. The van der Waals surface area contributed by atoms with Crippen LogP contribution in [0.1, 0.15) is 24.0 Å². The van der Waals surface area contributed by atoms with E-state index in [9.17, 15) is 18.0 Å². The van der Waals surface area contributed by atoms with Gasteiger partial charge in [-0.2, -0.15) is 18.3 Å². The summed E-state index contributed by atoms with van der Waals surface area (Å²) in [6.07, 6.45) is -0.272. The summed E-state index contributed by atoms with van der Waals surface area (Å²) in [5.74, 6) is -0.0880. The second-order valence-electron chi connectivity index (χ2n) is 8.44. The molecule has 1 aliphatic carbocycles. The van der Waals surface area contributed by atoms with Gasteiger partial charge in [-0.15, -0.1) is 0 Å². The molecule has 10 heteroatoms. The molecule has 0 spiro atoms. The van der Waals surface area contributed by atoms with Crippen LogP contribution in [0, 0.1) is 6.57 Å². The summed E-state index contributed by atoms with van der Waals surface area (Å²) in [6.45, 7) is 7.92. The third-order valence-corrected chi connectivity index (χ3v) is 6.04. The first-order chi connectivity index (χ1) is 16.7. The van der Waals surface area contributed by atoms with Crippen LogP contribution in [0.25, 0.3) is 38.0 Å². The third-order valence-electron chi connectivity index (χ3n) is 6.04. The zero-order chi connectivity index (χ0) is 24.9. The molecule has 0 saturated heterocycles. The van der Waals surface area contributed by atoms with Crippen LogP contribution < -0.4 is 16.0 Å². The average molecular weight is 479 g/mol. The van der Waals surface area contributed by atoms with Crippen molar-refractivity contribution < 1.29 is 17.9 Å². The maximum atomic E-state index is 13.8. The Labute approximate surface area is 197 Å². The molecular formula is C25H20F3N5O2. The molecule has 2 aromatic heterocycles. The Bertz CT molecular complexity index is 1560. The van der Waals surface area contributed by atoms with E-state index in [0.29, 0.717) is 33.2 Å². The molecule has 3 N–H and O–H groups in total. The van der Waals surface area contributed by atoms with E-state index >= 15 is 0 Å². The van der Waals surface area contributed by atoms with Crippen LogP contribution in [0.4, 0.5) is 18.9 Å². The number of pyridine rings is 1. The van der Waals surface area contributed by atoms with Crippen LogP contribution in [0.2, 0.25) is 0 Å². The fourth-order valence-electron chi connectivity index (χ4n) is 4.14. The Balaban J connectivity index is 1.76. The van der Waals surface area contributed by atoms with Gasteiger partial charge in [0.25, 0.3) is 5.56 Å². The third kappa shape index (κ3) is 4.04. The second-order valence-corrected chi connectivity index (χ2v) is 8.44. The van der Waals surface area contributed by atoms with E-state index in [4.69, 9.17) is 17.0 Å². The highest BCUT2D eigenvalue weighted by atomic mass is 19.4. The monoisotopic (exact) mass is 479 g/mol. The summed E-state index contributed by atoms with van der Waals surface area (Å²) in [4.78, 5) is 18.5. The van der Waals surface area contributed by atoms with Gasteiger partial charge in [0.05, 0.1) is 30.1 Å². The molecule has 178 valence electrons. The highest BCUT2D eigenvalue weighted by Crippen LogP contribution is 2.47. The van der Waals surface area contributed by atoms with Crippen molar-refractivity contribution in [2.24, 2.45) is 12.8 Å². The predicted molar refractivity (Wildman–Crippen MR) is 125 cm³/mol. The topological polar surface area (TPSA) is 90.3 Å². The van der Waals surface area contributed by atoms with Crippen molar-refractivity contribution in [3.63, 3.8) is 0 Å². The minimum Gasteiger partial charge on any atom is -0.501 e. The molecule has 0 bridgehead atoms. The highest BCUT2D eigenvalue weighted by Gasteiger charge is 2.35. The molecule has 2 aromatic carbocycles. The number of ether oxygens (including phenoxy) is 1. The lowest BCUT2D eigenvalue weighted by Crippen LogP contribution is -2.09. The molecule has 1 saturated carbocycles. The minimum absolute atomic E-state index is 0.00497. The summed E-state index contributed by atoms with van der Waals surface area (Å²) < 4.78 is 48.5. The number of H-pyrrole nitrogens is 1. The number of aromatic amines is 1. The maximum Gasteiger partial charge on any atom is 0.416 e. The molecule has 2 heterocycles. The number of fused-ring (bicyclic) bond motifs is 1. The van der Waals surface area contributed by atoms with Crippen molar-refractivity contribution in [2.45, 2.75) is 31.7 Å². The number of benzene rings is 2. The summed E-state index contributed by atoms with van der Waals surface area (Å²) in [5.41, 5.74) is 6.92. The molecule has 7 nitrogen and oxygen atoms in total. The lowest BCUT2D eigenvalue weighted by atomic mass is 9.96. The largest absolute Gasteiger partial charge is 0.501 e. The molecular weight excluding hydrogens is 459 g/mol. The molecule has 0 radical (unpaired) electrons. The molecule has 4 aromatic rings. The molecule has 35 heavy (non-hydrogen) atoms. The highest BCUT2D eigenvalue weighted by molar-refractivity contribution is 5.94. The Morgan fingerprint density at radius 2 is 2.00 bits per heavy atom. The van der Waals surface area contributed by atoms with Crippen LogP contribution in [0.15, 0.2) is 47.5 Å². The number of nitrogens with one attached hydrogen (secondary N) is 1. The number of hydrogen-bond donors (Lipinski definition) is 2. The Morgan fingerprint density at radius 1 is 1.23 bits per heavy atom. The zero-order valence-corrected chi connectivity index (χ0v) is 18.6. The summed E-state index contributed by atoms with van der Waals surface area (Å²) in [7, 11) is 1.60. The Kier molecular flexibility index (Phi) is 5.37. The number of nitrogens with two attached hydrogens (primary N) is 1. The van der Waals surface area contributed by atoms with E-state index in [1.165, 1.54) is 10.9 Å². The van der Waals surface area contributed by atoms with Gasteiger partial charge in [-0.1, -0.05) is 12.1 Å². The van der Waals surface area contributed by atoms with Crippen LogP contribution in [-0.4, -0.2) is 20.9 Å². The average Bonchev–Trinajstić information content (AvgIpc) is 3.56. The number of halogens is 3. The first-order valence-corrected chi connectivity index (χ1v) is 10.9. The standard InChI is InChI=1S/C25H20F3N5O2/c1-30-22-19(8-15(25(26,27)28)9-21(22)35-16-4-5-16)23-20(12-32-33(23)2)13-3-6-17-18(7-13)14(10-29)11-31-24(17)34/h3,6-9,11-12,16H,4-5,10,29H2,2H3,(H,31,34). The summed E-state index contributed by atoms with van der Waals surface area (Å²) >= 11 is 0. The Morgan fingerprint density at radius 3 is 2.66 bits per heavy atom. The second kappa shape index (κ2) is 8.29. The molecule has 0 unspecified atom stereocenters. The molecule has 5 rings (SSSR count). The number of nitrogens with zero attached hydrogens (tertiary/aromatic N) is 3. The van der Waals surface area contributed by atoms with E-state index in [1.54, 1.807) is 31.4 Å². The lowest BCUT2D eigenvalue weighted by molar-refractivity contribution is -0.137. The van der Waals surface area contributed by atoms with Crippen molar-refractivity contribution in [3.05, 3.63) is 75.6 Å². The summed E-state index contributed by atoms with van der Waals surface area (Å²) in [5, 5.41) is 5.36. The maximum absolute atomic E-state index is 13.8. The molecule has 1 aliphatic rings. The lowest BCUT2D eigenvalue weighted by Gasteiger charge is -2.17. The van der Waals surface area contributed by atoms with Gasteiger partial charge < -0.3 is 15.5 Å². The van der Waals surface area contributed by atoms with Gasteiger partial charge in [0.15, 0.2) is 0 Å². The summed E-state index contributed by atoms with van der Waals surface area (Å²) in [6, 6.07) is 6.96. The first kappa shape index (κ1) is 22.7. The SMILES string of the molecule is [C-]#[N+]c1c(OC2CC2)cc(C(F)(F)F)cc1-c1c(-c2ccc3c(=O)[nH]cc(CN)c3c2)cnn1C. The van der Waals surface area contributed by atoms with E-state index in [0.717, 1.165) is 25.0 Å². The smallest absolute Gasteiger partial charge is 0.416 e. The van der Waals surface area contributed by atoms with Gasteiger partial charge in [-0.25, -0.2) is 4.85 Å². The normalized spacial score (nSPS) is 13.7. The molecule has 0 atom stereocenters. The fourth-order valence-corrected chi connectivity index (χ4v) is 4.14. The van der Waals surface area contributed by atoms with E-state index in [1.807, 2.05) is 0 Å². The molecule has 0 amide bonds. The van der Waals surface area contributed by atoms with E-state index in [2.05, 4.69) is 14.9 Å². The van der Waals surface area contributed by atoms with Crippen LogP contribution in [-0.2, 0) is 19.8 Å². The fraction of sp³-hybridized carbons (Fsp3) is 0.240. The van der Waals surface area contributed by atoms with Crippen molar-refractivity contribution >= 4 is 16.5 Å². The zero-order valence-electron chi connectivity index (χ0n) is 18.6. The predicted octanol–water partition coefficient (Wildman–Crippen LogP) is 5.17. The van der Waals surface area contributed by atoms with Gasteiger partial charge in [0.2, 0.25) is 5.69 Å². The van der Waals surface area contributed by atoms with Crippen LogP contribution in [0.3, 0.4) is 0 Å². The molecule has 0 aliphatic heterocycles. The van der Waals surface area contributed by atoms with Crippen molar-refractivity contribution in [2.75, 3.05) is 0 Å². The number of rotatable bonds is 5. The van der Waals surface area contributed by atoms with Crippen LogP contribution >= 0.6 is 0 Å². The number of aryl methyl sites for hydroxylation is 1. The minimum atomic E-state index is -4.63. The number of hydrogen-bond acceptors (Lipinski definition) is 4. The van der Waals surface area contributed by atoms with E-state index in [-0.39, 0.29) is 35.2 Å². The number of alkyl halides is 3. The molecule has 1 fully saturated rings. The van der Waals surface area contributed by atoms with Crippen molar-refractivity contribution in [3.8, 4) is 28.1 Å². The van der Waals surface area contributed by atoms with Gasteiger partial charge in [-0.3, -0.25) is 9.48 Å². The van der Waals surface area contributed by atoms with E-state index < -0.39 is 11.7 Å². The van der Waals surface area contributed by atoms with Gasteiger partial charge in [0.1, 0.15) is 5.75 Å². The van der Waals surface area contributed by atoms with Gasteiger partial charge in [0, 0.05) is 36.3 Å². The first-order valence-electron chi connectivity index (χ1n) is 10.9. The Hall–Kier alpha value is -4.10. The van der Waals surface area contributed by atoms with Crippen LogP contribution in [0.5, 0.6) is 5.75 Å². The van der Waals surface area contributed by atoms with Crippen molar-refractivity contribution in [1.82, 2.24) is 14.8 Å². The van der Waals surface area contributed by atoms with Gasteiger partial charge in [-0.05, 0) is 47.6 Å². The quantitative estimate of drug-likeness (QED) is 0.387. The van der Waals surface area contributed by atoms with Gasteiger partial charge >= 0.3 is 6.18 Å². The van der Waals surface area contributed by atoms with Crippen molar-refractivity contribution in [1.29, 1.82) is 0 Å².